The first-order valence-corrected chi connectivity index (χ1v) is 8.04. The Balaban J connectivity index is 0.00000169. The molecule has 26 heavy (non-hydrogen) atoms. The second-order valence-corrected chi connectivity index (χ2v) is 6.22. The minimum absolute atomic E-state index is 0. The Hall–Kier alpha value is -0.665. The molecule has 0 saturated carbocycles. The fourth-order valence-corrected chi connectivity index (χ4v) is 2.72. The molecule has 0 spiro atoms. The number of phosphoric acid groups is 1. The molecule has 16 heteroatoms. The Kier molecular flexibility index (Phi) is 7.70. The summed E-state index contributed by atoms with van der Waals surface area (Å²) >= 11 is 0. The number of phosphoric ester groups is 1. The molecule has 2 aromatic rings. The van der Waals surface area contributed by atoms with Crippen molar-refractivity contribution >= 4 is 24.9 Å². The number of H-pyrrole nitrogens is 1. The largest absolute Gasteiger partial charge is 1.00 e. The van der Waals surface area contributed by atoms with Gasteiger partial charge >= 0.3 is 37.7 Å². The summed E-state index contributed by atoms with van der Waals surface area (Å²) in [4.78, 5) is 42.7. The number of nitrogens with two attached hydrogens (primary N) is 1. The molecule has 1 fully saturated rings. The van der Waals surface area contributed by atoms with Gasteiger partial charge in [-0.15, -0.1) is 0 Å². The zero-order chi connectivity index (χ0) is 17.6. The van der Waals surface area contributed by atoms with Gasteiger partial charge < -0.3 is 39.6 Å². The Morgan fingerprint density at radius 1 is 1.38 bits per heavy atom. The van der Waals surface area contributed by atoms with Crippen molar-refractivity contribution in [3.8, 4) is 0 Å². The summed E-state index contributed by atoms with van der Waals surface area (Å²) in [5, 5.41) is 20.0. The molecule has 13 nitrogen and oxygen atoms in total. The maximum Gasteiger partial charge on any atom is 1.00 e. The Bertz CT molecular complexity index is 871. The van der Waals surface area contributed by atoms with Crippen LogP contribution < -0.4 is 58.8 Å². The van der Waals surface area contributed by atoms with E-state index in [9.17, 15) is 29.4 Å². The van der Waals surface area contributed by atoms with Crippen LogP contribution in [0, 0.1) is 0 Å². The number of anilines is 1. The van der Waals surface area contributed by atoms with E-state index in [-0.39, 0.29) is 54.8 Å². The zero-order valence-corrected chi connectivity index (χ0v) is 14.7. The molecule has 0 bridgehead atoms. The molecule has 1 aliphatic heterocycles. The van der Waals surface area contributed by atoms with Gasteiger partial charge in [0, 0.05) is 0 Å². The molecule has 5 N–H and O–H groups in total. The molecule has 0 radical (unpaired) electrons. The molecule has 0 amide bonds. The summed E-state index contributed by atoms with van der Waals surface area (Å²) < 4.78 is 21.0. The van der Waals surface area contributed by atoms with Crippen LogP contribution in [0.3, 0.4) is 0 Å². The van der Waals surface area contributed by atoms with E-state index < -0.39 is 44.5 Å². The molecule has 3 heterocycles. The molecule has 132 valence electrons. The number of nitrogens with one attached hydrogen (secondary N) is 1. The number of nitrogen functional groups attached to an aromatic ring is 1. The van der Waals surface area contributed by atoms with Crippen molar-refractivity contribution in [2.75, 3.05) is 12.3 Å². The Morgan fingerprint density at radius 3 is 2.65 bits per heavy atom. The average molecular weight is 390 g/mol. The topological polar surface area (TPSA) is 212 Å². The number of fused-ring (bicyclic) bond motifs is 1. The van der Waals surface area contributed by atoms with E-state index in [1.54, 1.807) is 0 Å². The van der Waals surface area contributed by atoms with Crippen LogP contribution in [0.1, 0.15) is 6.23 Å². The van der Waals surface area contributed by atoms with Crippen molar-refractivity contribution in [3.05, 3.63) is 16.7 Å². The van der Waals surface area contributed by atoms with Gasteiger partial charge in [-0.05, 0) is 0 Å². The predicted molar refractivity (Wildman–Crippen MR) is 72.0 cm³/mol. The minimum Gasteiger partial charge on any atom is -0.790 e. The molecule has 1 aliphatic rings. The van der Waals surface area contributed by atoms with Crippen molar-refractivity contribution in [1.82, 2.24) is 19.5 Å². The van der Waals surface area contributed by atoms with E-state index in [2.05, 4.69) is 19.5 Å². The van der Waals surface area contributed by atoms with Crippen LogP contribution >= 0.6 is 7.82 Å². The second-order valence-electron chi connectivity index (χ2n) is 5.06. The number of aromatic amines is 1. The van der Waals surface area contributed by atoms with Gasteiger partial charge in [-0.25, -0.2) is 4.98 Å². The number of hydrogen-bond donors (Lipinski definition) is 4. The van der Waals surface area contributed by atoms with E-state index in [1.807, 2.05) is 0 Å². The van der Waals surface area contributed by atoms with Crippen molar-refractivity contribution in [1.29, 1.82) is 0 Å². The van der Waals surface area contributed by atoms with Crippen LogP contribution in [0.5, 0.6) is 0 Å². The SMILES string of the molecule is [15NH2][13c]1[15n][13c]2[13c]([15n][13cH][15n]2[13C@@H]2O[13C@H]([13CH2]OP(=O)([O-])[O-])[13C@H](O)[13CH]2O)[13c](=O)[15nH]1.[Li+].[Li+]. The van der Waals surface area contributed by atoms with E-state index in [4.69, 9.17) is 10.5 Å². The molecule has 4 atom stereocenters. The average Bonchev–Trinajstić information content (AvgIpc) is 3.00. The van der Waals surface area contributed by atoms with Gasteiger partial charge in [0.15, 0.2) is 17.4 Å². The van der Waals surface area contributed by atoms with Crippen LogP contribution in [-0.2, 0) is 13.8 Å². The fourth-order valence-electron chi connectivity index (χ4n) is 2.39. The molecule has 1 unspecified atom stereocenters. The van der Waals surface area contributed by atoms with Crippen LogP contribution in [-0.4, -0.2) is 54.7 Å². The predicted octanol–water partition coefficient (Wildman–Crippen LogP) is -9.83. The molecular formula is C10H12Li2N5O8P. The van der Waals surface area contributed by atoms with Crippen LogP contribution in [0.2, 0.25) is 0 Å². The van der Waals surface area contributed by atoms with Gasteiger partial charge in [-0.2, -0.15) is 4.98 Å². The van der Waals surface area contributed by atoms with Gasteiger partial charge in [0.25, 0.3) is 5.56 Å². The number of hydrogen-bond acceptors (Lipinski definition) is 11. The molecule has 0 aliphatic carbocycles. The first-order chi connectivity index (χ1) is 11.2. The van der Waals surface area contributed by atoms with Crippen LogP contribution in [0.25, 0.3) is 11.2 Å². The number of aliphatic hydroxyl groups is 2. The van der Waals surface area contributed by atoms with Crippen molar-refractivity contribution in [2.24, 2.45) is 0 Å². The summed E-state index contributed by atoms with van der Waals surface area (Å²) in [7, 11) is -5.26. The second kappa shape index (κ2) is 8.56. The Morgan fingerprint density at radius 2 is 2.04 bits per heavy atom. The molecular weight excluding hydrogens is 378 g/mol. The molecule has 1 saturated heterocycles. The third-order valence-electron chi connectivity index (χ3n) is 3.46. The van der Waals surface area contributed by atoms with E-state index in [0.717, 1.165) is 10.9 Å². The molecule has 2 aromatic heterocycles. The number of aliphatic hydroxyl groups excluding tert-OH is 2. The quantitative estimate of drug-likeness (QED) is 0.167. The summed E-state index contributed by atoms with van der Waals surface area (Å²) in [5.41, 5.74) is 4.77. The van der Waals surface area contributed by atoms with Gasteiger partial charge in [-0.3, -0.25) is 14.3 Å². The van der Waals surface area contributed by atoms with Gasteiger partial charge in [-0.1, -0.05) is 0 Å². The third-order valence-corrected chi connectivity index (χ3v) is 3.92. The molecule has 0 aromatic carbocycles. The zero-order valence-electron chi connectivity index (χ0n) is 13.8. The fraction of sp³-hybridized carbons (Fsp3) is 0.500. The van der Waals surface area contributed by atoms with E-state index >= 15 is 0 Å². The molecule has 3 rings (SSSR count). The van der Waals surface area contributed by atoms with E-state index in [1.165, 1.54) is 0 Å². The number of rotatable bonds is 4. The van der Waals surface area contributed by atoms with Crippen molar-refractivity contribution in [2.45, 2.75) is 24.5 Å². The summed E-state index contributed by atoms with van der Waals surface area (Å²) in [6.45, 7) is -0.776. The third kappa shape index (κ3) is 4.59. The van der Waals surface area contributed by atoms with Crippen LogP contribution in [0.15, 0.2) is 11.1 Å². The Labute approximate surface area is 169 Å². The number of ether oxygens (including phenoxy) is 1. The van der Waals surface area contributed by atoms with Crippen molar-refractivity contribution < 1.29 is 71.5 Å². The number of aromatic nitrogens is 4. The number of nitrogens with zero attached hydrogens (tertiary/aromatic N) is 3. The van der Waals surface area contributed by atoms with Crippen LogP contribution in [0.4, 0.5) is 5.95 Å². The van der Waals surface area contributed by atoms with Crippen molar-refractivity contribution in [3.63, 3.8) is 0 Å². The standard InChI is InChI=1S/C10H14N5O8P.2Li/c11-10-13-7-4(8(18)14-10)12-2-15(7)9-6(17)5(16)3(23-9)1-22-24(19,20)21;;/h2-3,5-6,9,16-17H,1H2,(H2,19,20,21)(H3,11,13,14,18);;/q;2*+1/p-2/t3-,5+,6?,9-;;/m1../s1/i1+1,2+1,3+1,4+1,5+1,6+1,7+1,8+1,9+1,10+1,11+1,12+1,13+1,14+1,15+1;;. The summed E-state index contributed by atoms with van der Waals surface area (Å²) in [6.07, 6.45) is -4.46. The number of imidazole rings is 1. The normalized spacial score (nSPS) is 25.7. The smallest absolute Gasteiger partial charge is 0.790 e. The van der Waals surface area contributed by atoms with Gasteiger partial charge in [0.05, 0.1) is 20.8 Å². The monoisotopic (exact) mass is 390 g/mol. The minimum atomic E-state index is -5.26. The maximum atomic E-state index is 11.7. The first kappa shape index (κ1) is 23.4. The van der Waals surface area contributed by atoms with E-state index in [0.29, 0.717) is 0 Å². The maximum absolute atomic E-state index is 11.7. The summed E-state index contributed by atoms with van der Waals surface area (Å²) in [5.74, 6) is -0.194. The van der Waals surface area contributed by atoms with Gasteiger partial charge in [0.1, 0.15) is 18.3 Å². The van der Waals surface area contributed by atoms with Gasteiger partial charge in [0.2, 0.25) is 5.95 Å². The summed E-state index contributed by atoms with van der Waals surface area (Å²) in [6, 6.07) is 0. The first-order valence-electron chi connectivity index (χ1n) is 6.58.